The molecule has 2 aromatic rings. The van der Waals surface area contributed by atoms with E-state index in [1.165, 1.54) is 6.07 Å². The van der Waals surface area contributed by atoms with Crippen LogP contribution < -0.4 is 0 Å². The molecule has 0 amide bonds. The van der Waals surface area contributed by atoms with Crippen molar-refractivity contribution in [2.24, 2.45) is 11.8 Å². The summed E-state index contributed by atoms with van der Waals surface area (Å²) in [5.41, 5.74) is 0.927. The Bertz CT molecular complexity index is 652. The number of nitrogens with zero attached hydrogens (tertiary/aromatic N) is 1. The lowest BCUT2D eigenvalue weighted by atomic mass is 9.96. The number of hydrogen-bond donors (Lipinski definition) is 2. The first-order valence-electron chi connectivity index (χ1n) is 6.97. The normalized spacial score (nSPS) is 26.2. The third-order valence-electron chi connectivity index (χ3n) is 4.39. The molecule has 0 saturated heterocycles. The highest BCUT2D eigenvalue weighted by Gasteiger charge is 2.40. The Kier molecular flexibility index (Phi) is 3.20. The Morgan fingerprint density at radius 1 is 1.50 bits per heavy atom. The van der Waals surface area contributed by atoms with Gasteiger partial charge in [-0.15, -0.1) is 0 Å². The highest BCUT2D eigenvalue weighted by Crippen LogP contribution is 2.44. The summed E-state index contributed by atoms with van der Waals surface area (Å²) in [6.07, 6.45) is 2.44. The zero-order chi connectivity index (χ0) is 14.3. The predicted octanol–water partition coefficient (Wildman–Crippen LogP) is 3.31. The number of rotatable bonds is 3. The van der Waals surface area contributed by atoms with Crippen molar-refractivity contribution in [3.8, 4) is 0 Å². The van der Waals surface area contributed by atoms with Crippen LogP contribution in [0.2, 0.25) is 0 Å². The Hall–Kier alpha value is -1.91. The minimum Gasteiger partial charge on any atom is -0.481 e. The van der Waals surface area contributed by atoms with Gasteiger partial charge in [-0.25, -0.2) is 9.37 Å². The number of nitrogens with one attached hydrogen (secondary N) is 1. The Morgan fingerprint density at radius 3 is 2.95 bits per heavy atom. The molecule has 4 nitrogen and oxygen atoms in total. The van der Waals surface area contributed by atoms with Crippen molar-refractivity contribution in [1.82, 2.24) is 9.97 Å². The van der Waals surface area contributed by atoms with Gasteiger partial charge in [0.15, 0.2) is 5.82 Å². The summed E-state index contributed by atoms with van der Waals surface area (Å²) in [4.78, 5) is 18.8. The van der Waals surface area contributed by atoms with E-state index in [0.717, 1.165) is 12.8 Å². The minimum absolute atomic E-state index is 0.149. The summed E-state index contributed by atoms with van der Waals surface area (Å²) in [5, 5.41) is 9.37. The van der Waals surface area contributed by atoms with Gasteiger partial charge < -0.3 is 10.1 Å². The first kappa shape index (κ1) is 13.1. The fourth-order valence-corrected chi connectivity index (χ4v) is 3.24. The van der Waals surface area contributed by atoms with Crippen LogP contribution in [0.3, 0.4) is 0 Å². The molecule has 20 heavy (non-hydrogen) atoms. The van der Waals surface area contributed by atoms with Gasteiger partial charge in [0.25, 0.3) is 0 Å². The van der Waals surface area contributed by atoms with Gasteiger partial charge in [0, 0.05) is 5.92 Å². The second-order valence-corrected chi connectivity index (χ2v) is 5.55. The van der Waals surface area contributed by atoms with Crippen molar-refractivity contribution >= 4 is 17.0 Å². The van der Waals surface area contributed by atoms with Crippen LogP contribution in [0.4, 0.5) is 4.39 Å². The van der Waals surface area contributed by atoms with Gasteiger partial charge >= 0.3 is 5.97 Å². The number of aliphatic carboxylic acids is 1. The van der Waals surface area contributed by atoms with Gasteiger partial charge in [-0.1, -0.05) is 19.4 Å². The highest BCUT2D eigenvalue weighted by molar-refractivity contribution is 5.76. The van der Waals surface area contributed by atoms with E-state index in [-0.39, 0.29) is 11.7 Å². The standard InChI is InChI=1S/C15H17FN2O2/c1-2-8-6-9(10(7-8)15(19)20)14-17-12-5-3-4-11(16)13(12)18-14/h3-5,8-10H,2,6-7H2,1H3,(H,17,18)(H,19,20). The van der Waals surface area contributed by atoms with Crippen molar-refractivity contribution in [2.75, 3.05) is 0 Å². The van der Waals surface area contributed by atoms with E-state index in [2.05, 4.69) is 16.9 Å². The fourth-order valence-electron chi connectivity index (χ4n) is 3.24. The number of carboxylic acid groups (broad SMARTS) is 1. The molecule has 3 unspecified atom stereocenters. The van der Waals surface area contributed by atoms with Gasteiger partial charge in [0.05, 0.1) is 11.4 Å². The van der Waals surface area contributed by atoms with Crippen LogP contribution in [-0.4, -0.2) is 21.0 Å². The third kappa shape index (κ3) is 2.07. The second kappa shape index (κ2) is 4.89. The minimum atomic E-state index is -0.785. The summed E-state index contributed by atoms with van der Waals surface area (Å²) in [6, 6.07) is 4.75. The Morgan fingerprint density at radius 2 is 2.30 bits per heavy atom. The molecule has 3 rings (SSSR count). The molecule has 106 valence electrons. The largest absolute Gasteiger partial charge is 0.481 e. The lowest BCUT2D eigenvalue weighted by molar-refractivity contribution is -0.142. The first-order chi connectivity index (χ1) is 9.60. The molecule has 0 aliphatic heterocycles. The molecule has 1 aliphatic carbocycles. The quantitative estimate of drug-likeness (QED) is 0.903. The number of benzene rings is 1. The zero-order valence-corrected chi connectivity index (χ0v) is 11.3. The molecule has 1 heterocycles. The average molecular weight is 276 g/mol. The van der Waals surface area contributed by atoms with E-state index in [9.17, 15) is 14.3 Å². The summed E-state index contributed by atoms with van der Waals surface area (Å²) in [5.74, 6) is -0.728. The van der Waals surface area contributed by atoms with Gasteiger partial charge in [-0.05, 0) is 30.9 Å². The van der Waals surface area contributed by atoms with Gasteiger partial charge in [-0.3, -0.25) is 4.79 Å². The van der Waals surface area contributed by atoms with Gasteiger partial charge in [0.2, 0.25) is 0 Å². The lowest BCUT2D eigenvalue weighted by Gasteiger charge is -2.12. The van der Waals surface area contributed by atoms with Crippen LogP contribution in [0.25, 0.3) is 11.0 Å². The van der Waals surface area contributed by atoms with E-state index < -0.39 is 11.9 Å². The van der Waals surface area contributed by atoms with Crippen LogP contribution in [0.5, 0.6) is 0 Å². The van der Waals surface area contributed by atoms with Crippen molar-refractivity contribution in [3.63, 3.8) is 0 Å². The monoisotopic (exact) mass is 276 g/mol. The van der Waals surface area contributed by atoms with E-state index in [4.69, 9.17) is 0 Å². The first-order valence-corrected chi connectivity index (χ1v) is 6.97. The zero-order valence-electron chi connectivity index (χ0n) is 11.3. The fraction of sp³-hybridized carbons (Fsp3) is 0.467. The third-order valence-corrected chi connectivity index (χ3v) is 4.39. The van der Waals surface area contributed by atoms with E-state index >= 15 is 0 Å². The summed E-state index contributed by atoms with van der Waals surface area (Å²) in [7, 11) is 0. The number of imidazole rings is 1. The predicted molar refractivity (Wildman–Crippen MR) is 72.9 cm³/mol. The maximum absolute atomic E-state index is 13.7. The molecule has 0 bridgehead atoms. The van der Waals surface area contributed by atoms with E-state index in [0.29, 0.717) is 29.2 Å². The molecule has 1 aromatic heterocycles. The topological polar surface area (TPSA) is 66.0 Å². The van der Waals surface area contributed by atoms with Crippen molar-refractivity contribution in [2.45, 2.75) is 32.1 Å². The number of carbonyl (C=O) groups is 1. The lowest BCUT2D eigenvalue weighted by Crippen LogP contribution is -2.17. The molecule has 1 aliphatic rings. The summed E-state index contributed by atoms with van der Waals surface area (Å²) in [6.45, 7) is 2.07. The number of halogens is 1. The van der Waals surface area contributed by atoms with E-state index in [1.54, 1.807) is 12.1 Å². The van der Waals surface area contributed by atoms with E-state index in [1.807, 2.05) is 0 Å². The smallest absolute Gasteiger partial charge is 0.307 e. The molecule has 5 heteroatoms. The average Bonchev–Trinajstić information content (AvgIpc) is 3.02. The van der Waals surface area contributed by atoms with Crippen LogP contribution in [0.15, 0.2) is 18.2 Å². The number of fused-ring (bicyclic) bond motifs is 1. The molecule has 1 fully saturated rings. The van der Waals surface area contributed by atoms with Gasteiger partial charge in [-0.2, -0.15) is 0 Å². The number of hydrogen-bond acceptors (Lipinski definition) is 2. The van der Waals surface area contributed by atoms with Crippen LogP contribution >= 0.6 is 0 Å². The molecule has 0 radical (unpaired) electrons. The molecular weight excluding hydrogens is 259 g/mol. The van der Waals surface area contributed by atoms with Crippen molar-refractivity contribution in [3.05, 3.63) is 29.8 Å². The van der Waals surface area contributed by atoms with Crippen molar-refractivity contribution < 1.29 is 14.3 Å². The summed E-state index contributed by atoms with van der Waals surface area (Å²) < 4.78 is 13.7. The summed E-state index contributed by atoms with van der Waals surface area (Å²) >= 11 is 0. The Labute approximate surface area is 116 Å². The Balaban J connectivity index is 2.00. The van der Waals surface area contributed by atoms with Crippen molar-refractivity contribution in [1.29, 1.82) is 0 Å². The maximum Gasteiger partial charge on any atom is 0.307 e. The number of H-pyrrole nitrogens is 1. The molecule has 0 spiro atoms. The molecular formula is C15H17FN2O2. The molecule has 2 N–H and O–H groups in total. The highest BCUT2D eigenvalue weighted by atomic mass is 19.1. The molecule has 3 atom stereocenters. The SMILES string of the molecule is CCC1CC(C(=O)O)C(c2nc3c(F)cccc3[nH]2)C1. The number of carboxylic acids is 1. The number of aromatic amines is 1. The molecule has 1 aromatic carbocycles. The van der Waals surface area contributed by atoms with Crippen LogP contribution in [-0.2, 0) is 4.79 Å². The number of aromatic nitrogens is 2. The molecule has 1 saturated carbocycles. The second-order valence-electron chi connectivity index (χ2n) is 5.55. The number of para-hydroxylation sites is 1. The maximum atomic E-state index is 13.7. The van der Waals surface area contributed by atoms with Crippen LogP contribution in [0.1, 0.15) is 37.9 Å². The van der Waals surface area contributed by atoms with Crippen LogP contribution in [0, 0.1) is 17.7 Å². The van der Waals surface area contributed by atoms with Gasteiger partial charge in [0.1, 0.15) is 11.3 Å².